The first-order valence-electron chi connectivity index (χ1n) is 9.52. The molecule has 0 unspecified atom stereocenters. The highest BCUT2D eigenvalue weighted by Crippen LogP contribution is 2.15. The average molecular weight is 486 g/mol. The number of nitrogens with one attached hydrogen (secondary N) is 2. The highest BCUT2D eigenvalue weighted by atomic mass is 127. The van der Waals surface area contributed by atoms with Gasteiger partial charge in [-0.25, -0.2) is 4.99 Å². The molecule has 0 aliphatic carbocycles. The van der Waals surface area contributed by atoms with Crippen molar-refractivity contribution in [2.75, 3.05) is 6.54 Å². The molecule has 2 aromatic heterocycles. The number of guanidine groups is 1. The standard InChI is InChI=1S/C18H30N8.HI/c1-5-19-18(20-11-15-13(2)24-25(4)14(15)3)21-12-17-23-22-16-9-7-6-8-10-26(16)17;/h5-12H2,1-4H3,(H2,19,20,21);1H. The first-order chi connectivity index (χ1) is 12.6. The lowest BCUT2D eigenvalue weighted by atomic mass is 10.2. The Morgan fingerprint density at radius 2 is 1.96 bits per heavy atom. The Labute approximate surface area is 178 Å². The van der Waals surface area contributed by atoms with Crippen molar-refractivity contribution in [3.05, 3.63) is 28.6 Å². The Morgan fingerprint density at radius 1 is 1.15 bits per heavy atom. The van der Waals surface area contributed by atoms with Gasteiger partial charge in [0.05, 0.1) is 18.8 Å². The molecule has 3 heterocycles. The molecule has 0 spiro atoms. The average Bonchev–Trinajstić information content (AvgIpc) is 2.99. The van der Waals surface area contributed by atoms with Crippen molar-refractivity contribution >= 4 is 29.9 Å². The van der Waals surface area contributed by atoms with E-state index in [-0.39, 0.29) is 24.0 Å². The minimum absolute atomic E-state index is 0. The van der Waals surface area contributed by atoms with Gasteiger partial charge in [-0.15, -0.1) is 34.2 Å². The van der Waals surface area contributed by atoms with Gasteiger partial charge in [0.2, 0.25) is 0 Å². The van der Waals surface area contributed by atoms with Crippen molar-refractivity contribution in [2.45, 2.75) is 66.1 Å². The van der Waals surface area contributed by atoms with E-state index in [2.05, 4.69) is 44.3 Å². The number of hydrogen-bond donors (Lipinski definition) is 2. The summed E-state index contributed by atoms with van der Waals surface area (Å²) in [5.41, 5.74) is 3.37. The first kappa shape index (κ1) is 21.6. The molecule has 0 aromatic carbocycles. The zero-order valence-electron chi connectivity index (χ0n) is 16.7. The summed E-state index contributed by atoms with van der Waals surface area (Å²) in [5.74, 6) is 2.89. The number of hydrogen-bond acceptors (Lipinski definition) is 4. The van der Waals surface area contributed by atoms with Gasteiger partial charge in [0.15, 0.2) is 11.8 Å². The largest absolute Gasteiger partial charge is 0.357 e. The molecule has 150 valence electrons. The Morgan fingerprint density at radius 3 is 2.67 bits per heavy atom. The molecular weight excluding hydrogens is 455 g/mol. The molecule has 0 saturated carbocycles. The van der Waals surface area contributed by atoms with Crippen LogP contribution in [0.4, 0.5) is 0 Å². The van der Waals surface area contributed by atoms with Gasteiger partial charge in [0.25, 0.3) is 0 Å². The quantitative estimate of drug-likeness (QED) is 0.385. The van der Waals surface area contributed by atoms with Gasteiger partial charge in [-0.2, -0.15) is 5.10 Å². The minimum Gasteiger partial charge on any atom is -0.357 e. The lowest BCUT2D eigenvalue weighted by Gasteiger charge is -2.12. The third-order valence-electron chi connectivity index (χ3n) is 5.00. The van der Waals surface area contributed by atoms with Crippen LogP contribution in [0.5, 0.6) is 0 Å². The molecule has 0 saturated heterocycles. The normalized spacial score (nSPS) is 14.3. The van der Waals surface area contributed by atoms with E-state index >= 15 is 0 Å². The van der Waals surface area contributed by atoms with Crippen LogP contribution in [0.1, 0.15) is 54.8 Å². The summed E-state index contributed by atoms with van der Waals surface area (Å²) in [6.45, 7) is 9.25. The third kappa shape index (κ3) is 5.20. The van der Waals surface area contributed by atoms with Crippen molar-refractivity contribution in [1.29, 1.82) is 0 Å². The lowest BCUT2D eigenvalue weighted by molar-refractivity contribution is 0.596. The van der Waals surface area contributed by atoms with E-state index in [4.69, 9.17) is 4.99 Å². The first-order valence-corrected chi connectivity index (χ1v) is 9.52. The molecule has 0 amide bonds. The van der Waals surface area contributed by atoms with E-state index in [9.17, 15) is 0 Å². The molecule has 1 aliphatic heterocycles. The molecule has 0 radical (unpaired) electrons. The molecule has 1 aliphatic rings. The van der Waals surface area contributed by atoms with Gasteiger partial charge < -0.3 is 15.2 Å². The molecule has 0 fully saturated rings. The van der Waals surface area contributed by atoms with Crippen LogP contribution in [-0.4, -0.2) is 37.0 Å². The van der Waals surface area contributed by atoms with Crippen molar-refractivity contribution in [3.8, 4) is 0 Å². The SMILES string of the molecule is CCNC(=NCc1c(C)nn(C)c1C)NCc1nnc2n1CCCCC2.I. The summed E-state index contributed by atoms with van der Waals surface area (Å²) in [5, 5.41) is 19.9. The van der Waals surface area contributed by atoms with Gasteiger partial charge >= 0.3 is 0 Å². The van der Waals surface area contributed by atoms with E-state index in [0.717, 1.165) is 48.5 Å². The highest BCUT2D eigenvalue weighted by Gasteiger charge is 2.15. The molecule has 27 heavy (non-hydrogen) atoms. The number of aromatic nitrogens is 5. The van der Waals surface area contributed by atoms with Gasteiger partial charge in [-0.1, -0.05) is 6.42 Å². The van der Waals surface area contributed by atoms with Crippen LogP contribution in [0.15, 0.2) is 4.99 Å². The van der Waals surface area contributed by atoms with Crippen molar-refractivity contribution in [3.63, 3.8) is 0 Å². The van der Waals surface area contributed by atoms with Crippen LogP contribution < -0.4 is 10.6 Å². The fraction of sp³-hybridized carbons (Fsp3) is 0.667. The number of nitrogens with zero attached hydrogens (tertiary/aromatic N) is 6. The molecule has 2 aromatic rings. The second-order valence-corrected chi connectivity index (χ2v) is 6.82. The maximum absolute atomic E-state index is 4.73. The van der Waals surface area contributed by atoms with E-state index in [1.54, 1.807) is 0 Å². The summed E-state index contributed by atoms with van der Waals surface area (Å²) < 4.78 is 4.17. The summed E-state index contributed by atoms with van der Waals surface area (Å²) in [6, 6.07) is 0. The van der Waals surface area contributed by atoms with E-state index in [1.807, 2.05) is 18.7 Å². The predicted octanol–water partition coefficient (Wildman–Crippen LogP) is 2.23. The van der Waals surface area contributed by atoms with Crippen molar-refractivity contribution < 1.29 is 0 Å². The second-order valence-electron chi connectivity index (χ2n) is 6.82. The molecule has 0 bridgehead atoms. The number of rotatable bonds is 5. The van der Waals surface area contributed by atoms with Gasteiger partial charge in [-0.3, -0.25) is 4.68 Å². The van der Waals surface area contributed by atoms with Crippen LogP contribution in [0, 0.1) is 13.8 Å². The molecule has 3 rings (SSSR count). The molecule has 2 N–H and O–H groups in total. The second kappa shape index (κ2) is 10.0. The van der Waals surface area contributed by atoms with Crippen molar-refractivity contribution in [2.24, 2.45) is 12.0 Å². The number of aliphatic imine (C=N–C) groups is 1. The predicted molar refractivity (Wildman–Crippen MR) is 117 cm³/mol. The zero-order valence-corrected chi connectivity index (χ0v) is 19.1. The van der Waals surface area contributed by atoms with Crippen LogP contribution in [0.3, 0.4) is 0 Å². The Balaban J connectivity index is 0.00000261. The van der Waals surface area contributed by atoms with Gasteiger partial charge in [-0.05, 0) is 33.6 Å². The maximum Gasteiger partial charge on any atom is 0.191 e. The number of aryl methyl sites for hydroxylation is 3. The minimum atomic E-state index is 0. The smallest absolute Gasteiger partial charge is 0.191 e. The summed E-state index contributed by atoms with van der Waals surface area (Å²) in [6.07, 6.45) is 4.70. The number of fused-ring (bicyclic) bond motifs is 1. The Hall–Kier alpha value is -1.65. The van der Waals surface area contributed by atoms with Crippen LogP contribution in [-0.2, 0) is 33.1 Å². The van der Waals surface area contributed by atoms with Crippen molar-refractivity contribution in [1.82, 2.24) is 35.2 Å². The fourth-order valence-corrected chi connectivity index (χ4v) is 3.38. The van der Waals surface area contributed by atoms with Crippen LogP contribution in [0.25, 0.3) is 0 Å². The van der Waals surface area contributed by atoms with Crippen LogP contribution >= 0.6 is 24.0 Å². The lowest BCUT2D eigenvalue weighted by Crippen LogP contribution is -2.37. The topological polar surface area (TPSA) is 84.9 Å². The van der Waals surface area contributed by atoms with Gasteiger partial charge in [0.1, 0.15) is 5.82 Å². The summed E-state index contributed by atoms with van der Waals surface area (Å²) in [4.78, 5) is 4.73. The Bertz CT molecular complexity index is 777. The number of halogens is 1. The molecule has 0 atom stereocenters. The molecule has 8 nitrogen and oxygen atoms in total. The van der Waals surface area contributed by atoms with E-state index < -0.39 is 0 Å². The molecular formula is C18H31IN8. The maximum atomic E-state index is 4.73. The summed E-state index contributed by atoms with van der Waals surface area (Å²) in [7, 11) is 1.97. The zero-order chi connectivity index (χ0) is 18.5. The molecule has 9 heteroatoms. The fourth-order valence-electron chi connectivity index (χ4n) is 3.38. The van der Waals surface area contributed by atoms with E-state index in [0.29, 0.717) is 13.1 Å². The third-order valence-corrected chi connectivity index (χ3v) is 5.00. The van der Waals surface area contributed by atoms with E-state index in [1.165, 1.54) is 24.8 Å². The summed E-state index contributed by atoms with van der Waals surface area (Å²) >= 11 is 0. The Kier molecular flexibility index (Phi) is 8.06. The monoisotopic (exact) mass is 486 g/mol. The highest BCUT2D eigenvalue weighted by molar-refractivity contribution is 14.0. The van der Waals surface area contributed by atoms with Crippen LogP contribution in [0.2, 0.25) is 0 Å². The van der Waals surface area contributed by atoms with Gasteiger partial charge in [0, 0.05) is 37.8 Å².